The molecule has 0 spiro atoms. The Kier molecular flexibility index (Phi) is 3.95. The molecule has 1 aromatic rings. The first kappa shape index (κ1) is 15.1. The number of anilines is 1. The van der Waals surface area contributed by atoms with Crippen molar-refractivity contribution in [3.8, 4) is 0 Å². The average Bonchev–Trinajstić information content (AvgIpc) is 2.29. The molecule has 1 aliphatic rings. The van der Waals surface area contributed by atoms with Crippen LogP contribution in [0.2, 0.25) is 0 Å². The molecule has 1 fully saturated rings. The lowest BCUT2D eigenvalue weighted by atomic mass is 9.93. The Labute approximate surface area is 115 Å². The fourth-order valence-electron chi connectivity index (χ4n) is 2.39. The number of nitrogens with one attached hydrogen (secondary N) is 1. The maximum absolute atomic E-state index is 13.6. The van der Waals surface area contributed by atoms with Gasteiger partial charge >= 0.3 is 6.18 Å². The Balaban J connectivity index is 2.16. The molecule has 0 radical (unpaired) electrons. The van der Waals surface area contributed by atoms with Gasteiger partial charge in [0.25, 0.3) is 0 Å². The molecule has 1 N–H and O–H groups in total. The van der Waals surface area contributed by atoms with E-state index in [1.165, 1.54) is 0 Å². The summed E-state index contributed by atoms with van der Waals surface area (Å²) in [6.07, 6.45) is -3.22. The lowest BCUT2D eigenvalue weighted by molar-refractivity contribution is -0.137. The van der Waals surface area contributed by atoms with Gasteiger partial charge in [-0.15, -0.1) is 0 Å². The van der Waals surface area contributed by atoms with Crippen LogP contribution in [-0.2, 0) is 10.9 Å². The molecule has 6 heteroatoms. The van der Waals surface area contributed by atoms with Crippen LogP contribution in [0.3, 0.4) is 0 Å². The Morgan fingerprint density at radius 3 is 2.60 bits per heavy atom. The molecule has 1 aromatic carbocycles. The number of rotatable bonds is 2. The SMILES string of the molecule is CC1(C)CC(Nc2cc(C(F)(F)F)ccc2F)CCO1. The van der Waals surface area contributed by atoms with Crippen molar-refractivity contribution in [3.63, 3.8) is 0 Å². The Hall–Kier alpha value is -1.30. The number of alkyl halides is 3. The normalized spacial score (nSPS) is 22.6. The lowest BCUT2D eigenvalue weighted by Crippen LogP contribution is -2.40. The molecule has 0 saturated carbocycles. The third-order valence-corrected chi connectivity index (χ3v) is 3.35. The van der Waals surface area contributed by atoms with Gasteiger partial charge in [0.05, 0.1) is 16.9 Å². The first-order valence-corrected chi connectivity index (χ1v) is 6.45. The second kappa shape index (κ2) is 5.24. The summed E-state index contributed by atoms with van der Waals surface area (Å²) in [5.74, 6) is -0.678. The molecule has 1 unspecified atom stereocenters. The van der Waals surface area contributed by atoms with Crippen LogP contribution in [0.5, 0.6) is 0 Å². The minimum Gasteiger partial charge on any atom is -0.380 e. The van der Waals surface area contributed by atoms with E-state index in [1.54, 1.807) is 0 Å². The van der Waals surface area contributed by atoms with Gasteiger partial charge in [0.1, 0.15) is 5.82 Å². The summed E-state index contributed by atoms with van der Waals surface area (Å²) in [5, 5.41) is 2.86. The highest BCUT2D eigenvalue weighted by Gasteiger charge is 2.32. The predicted molar refractivity (Wildman–Crippen MR) is 68.1 cm³/mol. The third-order valence-electron chi connectivity index (χ3n) is 3.35. The number of benzene rings is 1. The molecule has 1 atom stereocenters. The highest BCUT2D eigenvalue weighted by molar-refractivity contribution is 5.49. The first-order valence-electron chi connectivity index (χ1n) is 6.45. The number of hydrogen-bond donors (Lipinski definition) is 1. The summed E-state index contributed by atoms with van der Waals surface area (Å²) >= 11 is 0. The van der Waals surface area contributed by atoms with Crippen LogP contribution in [0.15, 0.2) is 18.2 Å². The average molecular weight is 291 g/mol. The van der Waals surface area contributed by atoms with Gasteiger partial charge < -0.3 is 10.1 Å². The van der Waals surface area contributed by atoms with Crippen LogP contribution in [-0.4, -0.2) is 18.2 Å². The quantitative estimate of drug-likeness (QED) is 0.824. The molecule has 1 saturated heterocycles. The smallest absolute Gasteiger partial charge is 0.380 e. The lowest BCUT2D eigenvalue weighted by Gasteiger charge is -2.36. The van der Waals surface area contributed by atoms with E-state index in [2.05, 4.69) is 5.32 Å². The summed E-state index contributed by atoms with van der Waals surface area (Å²) in [5.41, 5.74) is -1.32. The van der Waals surface area contributed by atoms with Crippen LogP contribution in [0.25, 0.3) is 0 Å². The van der Waals surface area contributed by atoms with E-state index in [4.69, 9.17) is 4.74 Å². The Morgan fingerprint density at radius 1 is 1.30 bits per heavy atom. The van der Waals surface area contributed by atoms with E-state index in [-0.39, 0.29) is 17.3 Å². The maximum Gasteiger partial charge on any atom is 0.416 e. The molecule has 112 valence electrons. The molecule has 20 heavy (non-hydrogen) atoms. The third kappa shape index (κ3) is 3.62. The van der Waals surface area contributed by atoms with Crippen LogP contribution >= 0.6 is 0 Å². The van der Waals surface area contributed by atoms with Crippen molar-refractivity contribution in [1.82, 2.24) is 0 Å². The zero-order chi connectivity index (χ0) is 15.0. The molecular formula is C14H17F4NO. The first-order chi connectivity index (χ1) is 9.17. The van der Waals surface area contributed by atoms with Gasteiger partial charge in [-0.25, -0.2) is 4.39 Å². The maximum atomic E-state index is 13.6. The van der Waals surface area contributed by atoms with Gasteiger partial charge in [-0.1, -0.05) is 0 Å². The molecule has 1 aliphatic heterocycles. The van der Waals surface area contributed by atoms with Crippen molar-refractivity contribution in [1.29, 1.82) is 0 Å². The van der Waals surface area contributed by atoms with Crippen molar-refractivity contribution >= 4 is 5.69 Å². The molecule has 0 aromatic heterocycles. The molecule has 0 aliphatic carbocycles. The highest BCUT2D eigenvalue weighted by Crippen LogP contribution is 2.33. The summed E-state index contributed by atoms with van der Waals surface area (Å²) in [6.45, 7) is 4.32. The van der Waals surface area contributed by atoms with Gasteiger partial charge in [-0.3, -0.25) is 0 Å². The zero-order valence-corrected chi connectivity index (χ0v) is 11.4. The summed E-state index contributed by atoms with van der Waals surface area (Å²) in [6, 6.07) is 2.30. The van der Waals surface area contributed by atoms with Gasteiger partial charge in [-0.2, -0.15) is 13.2 Å². The van der Waals surface area contributed by atoms with Crippen LogP contribution < -0.4 is 5.32 Å². The zero-order valence-electron chi connectivity index (χ0n) is 11.4. The van der Waals surface area contributed by atoms with Crippen molar-refractivity contribution < 1.29 is 22.3 Å². The summed E-state index contributed by atoms with van der Waals surface area (Å²) in [7, 11) is 0. The van der Waals surface area contributed by atoms with E-state index >= 15 is 0 Å². The van der Waals surface area contributed by atoms with E-state index in [0.29, 0.717) is 19.4 Å². The molecule has 1 heterocycles. The second-order valence-electron chi connectivity index (χ2n) is 5.63. The van der Waals surface area contributed by atoms with Crippen molar-refractivity contribution in [3.05, 3.63) is 29.6 Å². The minimum atomic E-state index is -4.47. The van der Waals surface area contributed by atoms with Crippen molar-refractivity contribution in [2.75, 3.05) is 11.9 Å². The van der Waals surface area contributed by atoms with Crippen LogP contribution in [0.4, 0.5) is 23.2 Å². The number of hydrogen-bond acceptors (Lipinski definition) is 2. The highest BCUT2D eigenvalue weighted by atomic mass is 19.4. The van der Waals surface area contributed by atoms with Crippen molar-refractivity contribution in [2.45, 2.75) is 44.5 Å². The second-order valence-corrected chi connectivity index (χ2v) is 5.63. The monoisotopic (exact) mass is 291 g/mol. The largest absolute Gasteiger partial charge is 0.416 e. The van der Waals surface area contributed by atoms with E-state index in [1.807, 2.05) is 13.8 Å². The van der Waals surface area contributed by atoms with Crippen LogP contribution in [0.1, 0.15) is 32.3 Å². The molecule has 2 nitrogen and oxygen atoms in total. The Morgan fingerprint density at radius 2 is 2.00 bits per heavy atom. The standard InChI is InChI=1S/C14H17F4NO/c1-13(2)8-10(5-6-20-13)19-12-7-9(14(16,17)18)3-4-11(12)15/h3-4,7,10,19H,5-6,8H2,1-2H3. The van der Waals surface area contributed by atoms with Crippen LogP contribution in [0, 0.1) is 5.82 Å². The van der Waals surface area contributed by atoms with Gasteiger partial charge in [0, 0.05) is 12.6 Å². The van der Waals surface area contributed by atoms with Gasteiger partial charge in [-0.05, 0) is 44.9 Å². The molecule has 0 amide bonds. The summed E-state index contributed by atoms with van der Waals surface area (Å²) in [4.78, 5) is 0. The van der Waals surface area contributed by atoms with E-state index < -0.39 is 17.6 Å². The fourth-order valence-corrected chi connectivity index (χ4v) is 2.39. The summed E-state index contributed by atoms with van der Waals surface area (Å²) < 4.78 is 57.1. The number of halogens is 4. The predicted octanol–water partition coefficient (Wildman–Crippen LogP) is 4.21. The molecule has 2 rings (SSSR count). The van der Waals surface area contributed by atoms with Gasteiger partial charge in [0.15, 0.2) is 0 Å². The molecular weight excluding hydrogens is 274 g/mol. The van der Waals surface area contributed by atoms with E-state index in [9.17, 15) is 17.6 Å². The van der Waals surface area contributed by atoms with Gasteiger partial charge in [0.2, 0.25) is 0 Å². The number of ether oxygens (including phenoxy) is 1. The van der Waals surface area contributed by atoms with Crippen molar-refractivity contribution in [2.24, 2.45) is 0 Å². The molecule has 0 bridgehead atoms. The minimum absolute atomic E-state index is 0.100. The topological polar surface area (TPSA) is 21.3 Å². The fraction of sp³-hybridized carbons (Fsp3) is 0.571. The Bertz CT molecular complexity index is 485. The van der Waals surface area contributed by atoms with E-state index in [0.717, 1.165) is 18.2 Å².